The van der Waals surface area contributed by atoms with Crippen molar-refractivity contribution in [2.75, 3.05) is 51.7 Å². The van der Waals surface area contributed by atoms with E-state index >= 15 is 0 Å². The number of rotatable bonds is 8. The van der Waals surface area contributed by atoms with Gasteiger partial charge in [-0.1, -0.05) is 12.8 Å². The molecule has 0 unspecified atom stereocenters. The van der Waals surface area contributed by atoms with Gasteiger partial charge in [0, 0.05) is 50.7 Å². The predicted molar refractivity (Wildman–Crippen MR) is 101 cm³/mol. The lowest BCUT2D eigenvalue weighted by Crippen LogP contribution is -2.33. The van der Waals surface area contributed by atoms with Gasteiger partial charge in [0.2, 0.25) is 5.95 Å². The van der Waals surface area contributed by atoms with Crippen LogP contribution in [0.3, 0.4) is 0 Å². The van der Waals surface area contributed by atoms with Gasteiger partial charge in [-0.3, -0.25) is 0 Å². The Kier molecular flexibility index (Phi) is 7.45. The topological polar surface area (TPSA) is 53.5 Å². The Balaban J connectivity index is 1.36. The number of nitrogens with one attached hydrogen (secondary N) is 1. The average molecular weight is 348 g/mol. The number of aromatic nitrogens is 2. The van der Waals surface area contributed by atoms with Gasteiger partial charge in [0.1, 0.15) is 0 Å². The minimum atomic E-state index is 0.313. The fourth-order valence-corrected chi connectivity index (χ4v) is 3.60. The van der Waals surface area contributed by atoms with E-state index in [9.17, 15) is 0 Å². The maximum Gasteiger partial charge on any atom is 0.222 e. The number of anilines is 1. The van der Waals surface area contributed by atoms with Gasteiger partial charge >= 0.3 is 0 Å². The molecule has 2 saturated heterocycles. The molecule has 1 N–H and O–H groups in total. The SMILES string of the molecule is CN(CCN1CCCCCC1)Cc1cnc(NC[C@H]2CCCO2)nc1. The van der Waals surface area contributed by atoms with Crippen molar-refractivity contribution < 1.29 is 4.74 Å². The molecule has 0 spiro atoms. The van der Waals surface area contributed by atoms with Crippen LogP contribution in [0, 0.1) is 0 Å². The van der Waals surface area contributed by atoms with Gasteiger partial charge in [0.05, 0.1) is 6.10 Å². The molecule has 1 aromatic heterocycles. The van der Waals surface area contributed by atoms with Gasteiger partial charge in [-0.2, -0.15) is 0 Å². The number of likely N-dealkylation sites (N-methyl/N-ethyl adjacent to an activating group) is 1. The highest BCUT2D eigenvalue weighted by Gasteiger charge is 2.15. The Morgan fingerprint density at radius 1 is 1.16 bits per heavy atom. The van der Waals surface area contributed by atoms with Crippen LogP contribution in [0.5, 0.6) is 0 Å². The normalized spacial score (nSPS) is 22.2. The van der Waals surface area contributed by atoms with E-state index in [0.717, 1.165) is 39.1 Å². The summed E-state index contributed by atoms with van der Waals surface area (Å²) in [5.74, 6) is 0.700. The first-order valence-corrected chi connectivity index (χ1v) is 9.87. The fraction of sp³-hybridized carbons (Fsp3) is 0.789. The smallest absolute Gasteiger partial charge is 0.222 e. The maximum absolute atomic E-state index is 5.61. The van der Waals surface area contributed by atoms with E-state index in [4.69, 9.17) is 4.74 Å². The third-order valence-electron chi connectivity index (χ3n) is 5.17. The second kappa shape index (κ2) is 10.0. The molecule has 0 amide bonds. The van der Waals surface area contributed by atoms with E-state index < -0.39 is 0 Å². The van der Waals surface area contributed by atoms with Crippen LogP contribution in [0.4, 0.5) is 5.95 Å². The number of nitrogens with zero attached hydrogens (tertiary/aromatic N) is 4. The second-order valence-electron chi connectivity index (χ2n) is 7.42. The van der Waals surface area contributed by atoms with E-state index in [0.29, 0.717) is 12.1 Å². The zero-order valence-corrected chi connectivity index (χ0v) is 15.6. The summed E-state index contributed by atoms with van der Waals surface area (Å²) < 4.78 is 5.61. The molecule has 2 aliphatic heterocycles. The number of likely N-dealkylation sites (tertiary alicyclic amines) is 1. The molecule has 140 valence electrons. The lowest BCUT2D eigenvalue weighted by molar-refractivity contribution is 0.120. The first-order chi connectivity index (χ1) is 12.3. The van der Waals surface area contributed by atoms with E-state index in [-0.39, 0.29) is 0 Å². The molecule has 0 saturated carbocycles. The third-order valence-corrected chi connectivity index (χ3v) is 5.17. The standard InChI is InChI=1S/C19H33N5O/c1-23(10-11-24-8-4-2-3-5-9-24)16-17-13-20-19(21-14-17)22-15-18-7-6-12-25-18/h13-14,18H,2-12,15-16H2,1H3,(H,20,21,22)/t18-/m1/s1. The minimum absolute atomic E-state index is 0.313. The fourth-order valence-electron chi connectivity index (χ4n) is 3.60. The van der Waals surface area contributed by atoms with Crippen molar-refractivity contribution in [1.29, 1.82) is 0 Å². The second-order valence-corrected chi connectivity index (χ2v) is 7.42. The molecule has 25 heavy (non-hydrogen) atoms. The number of hydrogen-bond donors (Lipinski definition) is 1. The van der Waals surface area contributed by atoms with Gasteiger partial charge in [-0.05, 0) is 45.8 Å². The molecule has 0 aliphatic carbocycles. The monoisotopic (exact) mass is 347 g/mol. The molecule has 2 aliphatic rings. The summed E-state index contributed by atoms with van der Waals surface area (Å²) in [5.41, 5.74) is 1.17. The average Bonchev–Trinajstić information content (AvgIpc) is 3.01. The van der Waals surface area contributed by atoms with Crippen LogP contribution in [0.2, 0.25) is 0 Å². The first-order valence-electron chi connectivity index (χ1n) is 9.87. The molecule has 2 fully saturated rings. The Bertz CT molecular complexity index is 481. The first kappa shape index (κ1) is 18.5. The van der Waals surface area contributed by atoms with Crippen molar-refractivity contribution in [1.82, 2.24) is 19.8 Å². The van der Waals surface area contributed by atoms with E-state index in [1.807, 2.05) is 12.4 Å². The molecule has 1 aromatic rings. The summed E-state index contributed by atoms with van der Waals surface area (Å²) in [6.45, 7) is 7.38. The summed E-state index contributed by atoms with van der Waals surface area (Å²) in [6, 6.07) is 0. The van der Waals surface area contributed by atoms with E-state index in [1.165, 1.54) is 50.9 Å². The molecule has 0 bridgehead atoms. The van der Waals surface area contributed by atoms with Crippen LogP contribution in [-0.4, -0.2) is 72.3 Å². The van der Waals surface area contributed by atoms with Crippen molar-refractivity contribution in [3.8, 4) is 0 Å². The Morgan fingerprint density at radius 2 is 1.92 bits per heavy atom. The number of hydrogen-bond acceptors (Lipinski definition) is 6. The zero-order chi connectivity index (χ0) is 17.3. The Morgan fingerprint density at radius 3 is 2.60 bits per heavy atom. The van der Waals surface area contributed by atoms with Gasteiger partial charge in [0.25, 0.3) is 0 Å². The van der Waals surface area contributed by atoms with Crippen molar-refractivity contribution in [3.63, 3.8) is 0 Å². The molecule has 0 aromatic carbocycles. The molecule has 6 heteroatoms. The predicted octanol–water partition coefficient (Wildman–Crippen LogP) is 2.38. The minimum Gasteiger partial charge on any atom is -0.376 e. The summed E-state index contributed by atoms with van der Waals surface area (Å²) in [5, 5.41) is 3.27. The molecule has 6 nitrogen and oxygen atoms in total. The molecule has 3 rings (SSSR count). The molecule has 0 radical (unpaired) electrons. The third kappa shape index (κ3) is 6.53. The highest BCUT2D eigenvalue weighted by Crippen LogP contribution is 2.13. The van der Waals surface area contributed by atoms with Crippen LogP contribution in [0.15, 0.2) is 12.4 Å². The molecule has 1 atom stereocenters. The zero-order valence-electron chi connectivity index (χ0n) is 15.6. The van der Waals surface area contributed by atoms with Crippen molar-refractivity contribution in [3.05, 3.63) is 18.0 Å². The largest absolute Gasteiger partial charge is 0.376 e. The molecule has 3 heterocycles. The van der Waals surface area contributed by atoms with Crippen LogP contribution < -0.4 is 5.32 Å². The van der Waals surface area contributed by atoms with Gasteiger partial charge in [0.15, 0.2) is 0 Å². The highest BCUT2D eigenvalue weighted by atomic mass is 16.5. The van der Waals surface area contributed by atoms with E-state index in [1.54, 1.807) is 0 Å². The van der Waals surface area contributed by atoms with Gasteiger partial charge in [-0.25, -0.2) is 9.97 Å². The van der Waals surface area contributed by atoms with Gasteiger partial charge in [-0.15, -0.1) is 0 Å². The quantitative estimate of drug-likeness (QED) is 0.779. The number of ether oxygens (including phenoxy) is 1. The van der Waals surface area contributed by atoms with Crippen molar-refractivity contribution in [2.24, 2.45) is 0 Å². The summed E-state index contributed by atoms with van der Waals surface area (Å²) >= 11 is 0. The lowest BCUT2D eigenvalue weighted by Gasteiger charge is -2.24. The summed E-state index contributed by atoms with van der Waals surface area (Å²) in [7, 11) is 2.18. The summed E-state index contributed by atoms with van der Waals surface area (Å²) in [6.07, 6.45) is 12.0. The molecular weight excluding hydrogens is 314 g/mol. The van der Waals surface area contributed by atoms with Crippen LogP contribution >= 0.6 is 0 Å². The Hall–Kier alpha value is -1.24. The van der Waals surface area contributed by atoms with Crippen LogP contribution in [0.1, 0.15) is 44.1 Å². The van der Waals surface area contributed by atoms with Gasteiger partial charge < -0.3 is 19.9 Å². The Labute approximate surface area is 152 Å². The molecular formula is C19H33N5O. The highest BCUT2D eigenvalue weighted by molar-refractivity contribution is 5.24. The van der Waals surface area contributed by atoms with Crippen molar-refractivity contribution in [2.45, 2.75) is 51.2 Å². The van der Waals surface area contributed by atoms with E-state index in [2.05, 4.69) is 32.1 Å². The maximum atomic E-state index is 5.61. The summed E-state index contributed by atoms with van der Waals surface area (Å²) in [4.78, 5) is 13.9. The van der Waals surface area contributed by atoms with Crippen LogP contribution in [0.25, 0.3) is 0 Å². The van der Waals surface area contributed by atoms with Crippen molar-refractivity contribution >= 4 is 5.95 Å². The van der Waals surface area contributed by atoms with Crippen LogP contribution in [-0.2, 0) is 11.3 Å². The lowest BCUT2D eigenvalue weighted by atomic mass is 10.2.